The number of anilines is 1. The lowest BCUT2D eigenvalue weighted by Crippen LogP contribution is -2.29. The Bertz CT molecular complexity index is 1240. The van der Waals surface area contributed by atoms with Gasteiger partial charge >= 0.3 is 0 Å². The highest BCUT2D eigenvalue weighted by atomic mass is 35.5. The van der Waals surface area contributed by atoms with Crippen molar-refractivity contribution < 1.29 is 24.2 Å². The van der Waals surface area contributed by atoms with Gasteiger partial charge < -0.3 is 14.6 Å². The van der Waals surface area contributed by atoms with E-state index in [0.717, 1.165) is 0 Å². The van der Waals surface area contributed by atoms with E-state index < -0.39 is 23.5 Å². The SMILES string of the molecule is COc1cc(OC)c(/C(O)=C2/C(=O)C(=O)N(c3cccc(Cl)c3)C2c2cccs2)cc1Cl. The van der Waals surface area contributed by atoms with Gasteiger partial charge in [0.1, 0.15) is 23.3 Å². The lowest BCUT2D eigenvalue weighted by molar-refractivity contribution is -0.132. The third-order valence-electron chi connectivity index (χ3n) is 5.07. The van der Waals surface area contributed by atoms with Gasteiger partial charge in [-0.05, 0) is 35.7 Å². The maximum atomic E-state index is 13.2. The van der Waals surface area contributed by atoms with Crippen molar-refractivity contribution in [1.29, 1.82) is 0 Å². The fraction of sp³-hybridized carbons (Fsp3) is 0.130. The summed E-state index contributed by atoms with van der Waals surface area (Å²) in [6, 6.07) is 12.3. The van der Waals surface area contributed by atoms with E-state index in [2.05, 4.69) is 0 Å². The van der Waals surface area contributed by atoms with Gasteiger partial charge in [-0.15, -0.1) is 11.3 Å². The van der Waals surface area contributed by atoms with E-state index in [-0.39, 0.29) is 21.9 Å². The Morgan fingerprint density at radius 3 is 2.41 bits per heavy atom. The molecular weight excluding hydrogens is 473 g/mol. The summed E-state index contributed by atoms with van der Waals surface area (Å²) >= 11 is 13.8. The normalized spacial score (nSPS) is 17.6. The van der Waals surface area contributed by atoms with Gasteiger partial charge in [0.05, 0.1) is 30.4 Å². The molecule has 1 fully saturated rings. The number of halogens is 2. The van der Waals surface area contributed by atoms with Crippen molar-refractivity contribution in [2.45, 2.75) is 6.04 Å². The van der Waals surface area contributed by atoms with Crippen molar-refractivity contribution in [3.05, 3.63) is 80.0 Å². The summed E-state index contributed by atoms with van der Waals surface area (Å²) in [6.07, 6.45) is 0. The fourth-order valence-corrected chi connectivity index (χ4v) is 4.88. The second kappa shape index (κ2) is 8.86. The van der Waals surface area contributed by atoms with E-state index in [1.54, 1.807) is 30.3 Å². The number of benzene rings is 2. The van der Waals surface area contributed by atoms with Gasteiger partial charge in [0, 0.05) is 21.7 Å². The monoisotopic (exact) mass is 489 g/mol. The number of amides is 1. The van der Waals surface area contributed by atoms with Crippen molar-refractivity contribution in [2.24, 2.45) is 0 Å². The zero-order chi connectivity index (χ0) is 23.0. The minimum absolute atomic E-state index is 0.0723. The molecule has 0 bridgehead atoms. The number of hydrogen-bond donors (Lipinski definition) is 1. The molecule has 1 N–H and O–H groups in total. The van der Waals surface area contributed by atoms with Crippen molar-refractivity contribution in [2.75, 3.05) is 19.1 Å². The van der Waals surface area contributed by atoms with Gasteiger partial charge in [0.15, 0.2) is 0 Å². The van der Waals surface area contributed by atoms with Gasteiger partial charge in [-0.1, -0.05) is 35.3 Å². The van der Waals surface area contributed by atoms with Gasteiger partial charge in [0.25, 0.3) is 11.7 Å². The molecule has 1 aliphatic rings. The van der Waals surface area contributed by atoms with Crippen LogP contribution in [0.25, 0.3) is 5.76 Å². The minimum atomic E-state index is -0.848. The molecule has 1 unspecified atom stereocenters. The smallest absolute Gasteiger partial charge is 0.300 e. The van der Waals surface area contributed by atoms with Crippen LogP contribution < -0.4 is 14.4 Å². The van der Waals surface area contributed by atoms with Crippen molar-refractivity contribution in [3.8, 4) is 11.5 Å². The van der Waals surface area contributed by atoms with Crippen LogP contribution in [-0.4, -0.2) is 31.0 Å². The van der Waals surface area contributed by atoms with Crippen molar-refractivity contribution in [1.82, 2.24) is 0 Å². The second-order valence-electron chi connectivity index (χ2n) is 6.85. The minimum Gasteiger partial charge on any atom is -0.507 e. The first-order valence-corrected chi connectivity index (χ1v) is 11.0. The van der Waals surface area contributed by atoms with Crippen LogP contribution in [0.1, 0.15) is 16.5 Å². The molecule has 0 saturated carbocycles. The number of thiophene rings is 1. The fourth-order valence-electron chi connectivity index (χ4n) is 3.63. The maximum Gasteiger partial charge on any atom is 0.300 e. The molecule has 0 spiro atoms. The lowest BCUT2D eigenvalue weighted by atomic mass is 9.99. The van der Waals surface area contributed by atoms with Crippen LogP contribution in [0.4, 0.5) is 5.69 Å². The molecule has 2 heterocycles. The van der Waals surface area contributed by atoms with E-state index in [9.17, 15) is 14.7 Å². The number of aliphatic hydroxyl groups is 1. The molecule has 6 nitrogen and oxygen atoms in total. The van der Waals surface area contributed by atoms with Crippen LogP contribution in [-0.2, 0) is 9.59 Å². The van der Waals surface area contributed by atoms with Gasteiger partial charge in [-0.25, -0.2) is 0 Å². The number of ether oxygens (including phenoxy) is 2. The first-order chi connectivity index (χ1) is 15.4. The van der Waals surface area contributed by atoms with E-state index in [1.165, 1.54) is 42.6 Å². The van der Waals surface area contributed by atoms with Crippen LogP contribution in [0, 0.1) is 0 Å². The predicted molar refractivity (Wildman–Crippen MR) is 125 cm³/mol. The van der Waals surface area contributed by atoms with Gasteiger partial charge in [-0.2, -0.15) is 0 Å². The van der Waals surface area contributed by atoms with Crippen molar-refractivity contribution in [3.63, 3.8) is 0 Å². The lowest BCUT2D eigenvalue weighted by Gasteiger charge is -2.24. The highest BCUT2D eigenvalue weighted by Gasteiger charge is 2.47. The summed E-state index contributed by atoms with van der Waals surface area (Å²) in [5.41, 5.74) is 0.540. The Morgan fingerprint density at radius 2 is 1.78 bits per heavy atom. The molecule has 164 valence electrons. The number of carbonyl (C=O) groups excluding carboxylic acids is 2. The summed E-state index contributed by atoms with van der Waals surface area (Å²) in [7, 11) is 2.87. The molecule has 4 rings (SSSR count). The molecule has 9 heteroatoms. The third kappa shape index (κ3) is 3.72. The highest BCUT2D eigenvalue weighted by Crippen LogP contribution is 2.45. The predicted octanol–water partition coefficient (Wildman–Crippen LogP) is 5.70. The Balaban J connectivity index is 1.96. The first kappa shape index (κ1) is 22.2. The molecule has 2 aromatic carbocycles. The Hall–Kier alpha value is -3.00. The summed E-state index contributed by atoms with van der Waals surface area (Å²) in [4.78, 5) is 28.3. The molecule has 1 aliphatic heterocycles. The average Bonchev–Trinajstić information content (AvgIpc) is 3.40. The number of aliphatic hydroxyl groups excluding tert-OH is 1. The van der Waals surface area contributed by atoms with E-state index in [0.29, 0.717) is 21.3 Å². The van der Waals surface area contributed by atoms with E-state index in [4.69, 9.17) is 32.7 Å². The van der Waals surface area contributed by atoms with Crippen LogP contribution in [0.3, 0.4) is 0 Å². The number of nitrogens with zero attached hydrogens (tertiary/aromatic N) is 1. The number of rotatable bonds is 5. The van der Waals surface area contributed by atoms with Gasteiger partial charge in [-0.3, -0.25) is 14.5 Å². The van der Waals surface area contributed by atoms with Crippen LogP contribution in [0.15, 0.2) is 59.5 Å². The summed E-state index contributed by atoms with van der Waals surface area (Å²) in [5, 5.41) is 13.7. The molecule has 3 aromatic rings. The zero-order valence-electron chi connectivity index (χ0n) is 17.0. The molecule has 0 aliphatic carbocycles. The Labute approximate surface area is 198 Å². The first-order valence-electron chi connectivity index (χ1n) is 9.39. The standard InChI is InChI=1S/C23H17Cl2NO5S/c1-30-16-11-17(31-2)15(25)10-14(16)21(27)19-20(18-7-4-8-32-18)26(23(29)22(19)28)13-6-3-5-12(24)9-13/h3-11,20,27H,1-2H3/b21-19-. The molecular formula is C23H17Cl2NO5S. The molecule has 1 saturated heterocycles. The molecule has 1 amide bonds. The summed E-state index contributed by atoms with van der Waals surface area (Å²) in [5.74, 6) is -1.41. The van der Waals surface area contributed by atoms with E-state index in [1.807, 2.05) is 11.4 Å². The van der Waals surface area contributed by atoms with Crippen LogP contribution in [0.2, 0.25) is 10.0 Å². The quantitative estimate of drug-likeness (QED) is 0.282. The average molecular weight is 490 g/mol. The Morgan fingerprint density at radius 1 is 1.03 bits per heavy atom. The molecule has 1 aromatic heterocycles. The van der Waals surface area contributed by atoms with E-state index >= 15 is 0 Å². The summed E-state index contributed by atoms with van der Waals surface area (Å²) < 4.78 is 10.6. The number of methoxy groups -OCH3 is 2. The molecule has 1 atom stereocenters. The maximum absolute atomic E-state index is 13.2. The summed E-state index contributed by atoms with van der Waals surface area (Å²) in [6.45, 7) is 0. The third-order valence-corrected chi connectivity index (χ3v) is 6.53. The number of carbonyl (C=O) groups is 2. The number of ketones is 1. The zero-order valence-corrected chi connectivity index (χ0v) is 19.3. The topological polar surface area (TPSA) is 76.1 Å². The highest BCUT2D eigenvalue weighted by molar-refractivity contribution is 7.10. The van der Waals surface area contributed by atoms with Crippen LogP contribution >= 0.6 is 34.5 Å². The van der Waals surface area contributed by atoms with Crippen LogP contribution in [0.5, 0.6) is 11.5 Å². The number of Topliss-reactive ketones (excluding diaryl/α,β-unsaturated/α-hetero) is 1. The largest absolute Gasteiger partial charge is 0.507 e. The second-order valence-corrected chi connectivity index (χ2v) is 8.67. The van der Waals surface area contributed by atoms with Gasteiger partial charge in [0.2, 0.25) is 0 Å². The molecule has 0 radical (unpaired) electrons. The molecule has 32 heavy (non-hydrogen) atoms. The number of hydrogen-bond acceptors (Lipinski definition) is 6. The Kier molecular flexibility index (Phi) is 6.15. The van der Waals surface area contributed by atoms with Crippen molar-refractivity contribution >= 4 is 57.7 Å².